The molecule has 1 aliphatic rings. The summed E-state index contributed by atoms with van der Waals surface area (Å²) < 4.78 is 6.17. The monoisotopic (exact) mass is 311 g/mol. The van der Waals surface area contributed by atoms with Gasteiger partial charge in [0.15, 0.2) is 0 Å². The fourth-order valence-corrected chi connectivity index (χ4v) is 2.66. The van der Waals surface area contributed by atoms with E-state index in [4.69, 9.17) is 4.74 Å². The number of piperidine rings is 1. The molecule has 1 saturated heterocycles. The van der Waals surface area contributed by atoms with E-state index in [0.29, 0.717) is 12.2 Å². The Morgan fingerprint density at radius 3 is 3.06 bits per heavy atom. The van der Waals surface area contributed by atoms with Crippen LogP contribution in [0.2, 0.25) is 0 Å². The standard InChI is InChI=1S/C14H18BrNO2/c1-18-12-4-5-13(15)11(7-12)8-14(17)10-3-2-6-16-9-10/h4-5,7,10,16H,2-3,6,8-9H2,1H3. The number of hydrogen-bond donors (Lipinski definition) is 1. The maximum atomic E-state index is 12.2. The van der Waals surface area contributed by atoms with E-state index >= 15 is 0 Å². The topological polar surface area (TPSA) is 38.3 Å². The number of benzene rings is 1. The Hall–Kier alpha value is -0.870. The molecule has 1 aromatic carbocycles. The van der Waals surface area contributed by atoms with Crippen LogP contribution in [0.1, 0.15) is 18.4 Å². The van der Waals surface area contributed by atoms with Crippen molar-refractivity contribution in [3.8, 4) is 5.75 Å². The van der Waals surface area contributed by atoms with Crippen molar-refractivity contribution < 1.29 is 9.53 Å². The molecule has 1 heterocycles. The molecule has 0 spiro atoms. The first-order valence-corrected chi connectivity index (χ1v) is 7.06. The highest BCUT2D eigenvalue weighted by atomic mass is 79.9. The van der Waals surface area contributed by atoms with Crippen molar-refractivity contribution in [3.05, 3.63) is 28.2 Å². The van der Waals surface area contributed by atoms with Crippen LogP contribution in [-0.4, -0.2) is 26.0 Å². The highest BCUT2D eigenvalue weighted by Gasteiger charge is 2.21. The van der Waals surface area contributed by atoms with Gasteiger partial charge in [0.05, 0.1) is 7.11 Å². The lowest BCUT2D eigenvalue weighted by Crippen LogP contribution is -2.35. The zero-order valence-electron chi connectivity index (χ0n) is 10.5. The number of hydrogen-bond acceptors (Lipinski definition) is 3. The number of halogens is 1. The zero-order chi connectivity index (χ0) is 13.0. The van der Waals surface area contributed by atoms with Crippen molar-refractivity contribution in [2.75, 3.05) is 20.2 Å². The summed E-state index contributed by atoms with van der Waals surface area (Å²) in [6, 6.07) is 5.75. The molecule has 0 amide bonds. The molecule has 0 radical (unpaired) electrons. The average Bonchev–Trinajstić information content (AvgIpc) is 2.42. The van der Waals surface area contributed by atoms with Crippen molar-refractivity contribution in [3.63, 3.8) is 0 Å². The minimum Gasteiger partial charge on any atom is -0.497 e. The molecule has 1 fully saturated rings. The summed E-state index contributed by atoms with van der Waals surface area (Å²) in [5.41, 5.74) is 1.00. The SMILES string of the molecule is COc1ccc(Br)c(CC(=O)C2CCCNC2)c1. The summed E-state index contributed by atoms with van der Waals surface area (Å²) in [5.74, 6) is 1.27. The summed E-state index contributed by atoms with van der Waals surface area (Å²) in [6.07, 6.45) is 2.58. The predicted octanol–water partition coefficient (Wildman–Crippen LogP) is 2.57. The van der Waals surface area contributed by atoms with Crippen LogP contribution in [0.3, 0.4) is 0 Å². The van der Waals surface area contributed by atoms with E-state index in [1.807, 2.05) is 18.2 Å². The molecule has 1 atom stereocenters. The van der Waals surface area contributed by atoms with Gasteiger partial charge < -0.3 is 10.1 Å². The van der Waals surface area contributed by atoms with Crippen LogP contribution in [0.25, 0.3) is 0 Å². The minimum absolute atomic E-state index is 0.164. The lowest BCUT2D eigenvalue weighted by atomic mass is 9.91. The number of methoxy groups -OCH3 is 1. The van der Waals surface area contributed by atoms with Crippen LogP contribution in [0.15, 0.2) is 22.7 Å². The van der Waals surface area contributed by atoms with Gasteiger partial charge in [-0.15, -0.1) is 0 Å². The van der Waals surface area contributed by atoms with Gasteiger partial charge in [0, 0.05) is 23.4 Å². The Balaban J connectivity index is 2.05. The van der Waals surface area contributed by atoms with E-state index < -0.39 is 0 Å². The molecular formula is C14H18BrNO2. The molecular weight excluding hydrogens is 294 g/mol. The first kappa shape index (κ1) is 13.6. The molecule has 4 heteroatoms. The third-order valence-electron chi connectivity index (χ3n) is 3.37. The number of Topliss-reactive ketones (excluding diaryl/α,β-unsaturated/α-hetero) is 1. The third kappa shape index (κ3) is 3.33. The van der Waals surface area contributed by atoms with Crippen molar-refractivity contribution in [1.29, 1.82) is 0 Å². The summed E-state index contributed by atoms with van der Waals surface area (Å²) in [5, 5.41) is 3.28. The predicted molar refractivity (Wildman–Crippen MR) is 75.0 cm³/mol. The Kier molecular flexibility index (Phi) is 4.78. The molecule has 1 aliphatic heterocycles. The van der Waals surface area contributed by atoms with Gasteiger partial charge in [0.25, 0.3) is 0 Å². The Morgan fingerprint density at radius 2 is 2.39 bits per heavy atom. The molecule has 1 N–H and O–H groups in total. The second-order valence-corrected chi connectivity index (χ2v) is 5.50. The Labute approximate surface area is 116 Å². The molecule has 1 aromatic rings. The third-order valence-corrected chi connectivity index (χ3v) is 4.14. The maximum Gasteiger partial charge on any atom is 0.141 e. The molecule has 0 saturated carbocycles. The highest BCUT2D eigenvalue weighted by molar-refractivity contribution is 9.10. The van der Waals surface area contributed by atoms with E-state index in [1.54, 1.807) is 7.11 Å². The quantitative estimate of drug-likeness (QED) is 0.929. The van der Waals surface area contributed by atoms with Crippen molar-refractivity contribution in [2.24, 2.45) is 5.92 Å². The normalized spacial score (nSPS) is 19.6. The lowest BCUT2D eigenvalue weighted by Gasteiger charge is -2.21. The molecule has 18 heavy (non-hydrogen) atoms. The first-order chi connectivity index (χ1) is 8.70. The number of ether oxygens (including phenoxy) is 1. The Morgan fingerprint density at radius 1 is 1.56 bits per heavy atom. The van der Waals surface area contributed by atoms with E-state index in [-0.39, 0.29) is 5.92 Å². The van der Waals surface area contributed by atoms with Crippen molar-refractivity contribution >= 4 is 21.7 Å². The molecule has 0 bridgehead atoms. The Bertz CT molecular complexity index is 428. The molecule has 3 nitrogen and oxygen atoms in total. The zero-order valence-corrected chi connectivity index (χ0v) is 12.1. The van der Waals surface area contributed by atoms with Crippen molar-refractivity contribution in [2.45, 2.75) is 19.3 Å². The second kappa shape index (κ2) is 6.34. The van der Waals surface area contributed by atoms with Crippen molar-refractivity contribution in [1.82, 2.24) is 5.32 Å². The number of carbonyl (C=O) groups is 1. The van der Waals surface area contributed by atoms with E-state index in [0.717, 1.165) is 41.7 Å². The van der Waals surface area contributed by atoms with Gasteiger partial charge in [0.1, 0.15) is 11.5 Å². The van der Waals surface area contributed by atoms with Gasteiger partial charge in [0.2, 0.25) is 0 Å². The molecule has 0 aromatic heterocycles. The van der Waals surface area contributed by atoms with Crippen LogP contribution in [0.4, 0.5) is 0 Å². The highest BCUT2D eigenvalue weighted by Crippen LogP contribution is 2.24. The second-order valence-electron chi connectivity index (χ2n) is 4.64. The molecule has 1 unspecified atom stereocenters. The fraction of sp³-hybridized carbons (Fsp3) is 0.500. The fourth-order valence-electron chi connectivity index (χ4n) is 2.27. The van der Waals surface area contributed by atoms with Gasteiger partial charge in [-0.2, -0.15) is 0 Å². The van der Waals surface area contributed by atoms with Crippen LogP contribution in [0, 0.1) is 5.92 Å². The van der Waals surface area contributed by atoms with E-state index in [2.05, 4.69) is 21.2 Å². The largest absolute Gasteiger partial charge is 0.497 e. The van der Waals surface area contributed by atoms with Crippen LogP contribution in [-0.2, 0) is 11.2 Å². The van der Waals surface area contributed by atoms with Crippen LogP contribution in [0.5, 0.6) is 5.75 Å². The first-order valence-electron chi connectivity index (χ1n) is 6.26. The lowest BCUT2D eigenvalue weighted by molar-refractivity contribution is -0.122. The summed E-state index contributed by atoms with van der Waals surface area (Å²) in [7, 11) is 1.64. The number of nitrogens with one attached hydrogen (secondary N) is 1. The molecule has 98 valence electrons. The van der Waals surface area contributed by atoms with Gasteiger partial charge in [-0.25, -0.2) is 0 Å². The van der Waals surface area contributed by atoms with E-state index in [9.17, 15) is 4.79 Å². The summed E-state index contributed by atoms with van der Waals surface area (Å²) >= 11 is 3.49. The van der Waals surface area contributed by atoms with Crippen LogP contribution >= 0.6 is 15.9 Å². The van der Waals surface area contributed by atoms with Crippen LogP contribution < -0.4 is 10.1 Å². The summed E-state index contributed by atoms with van der Waals surface area (Å²) in [4.78, 5) is 12.2. The number of carbonyl (C=O) groups excluding carboxylic acids is 1. The van der Waals surface area contributed by atoms with Gasteiger partial charge in [-0.1, -0.05) is 15.9 Å². The molecule has 0 aliphatic carbocycles. The summed E-state index contributed by atoms with van der Waals surface area (Å²) in [6.45, 7) is 1.85. The van der Waals surface area contributed by atoms with Gasteiger partial charge in [-0.05, 0) is 43.1 Å². The van der Waals surface area contributed by atoms with E-state index in [1.165, 1.54) is 0 Å². The average molecular weight is 312 g/mol. The maximum absolute atomic E-state index is 12.2. The minimum atomic E-state index is 0.164. The number of ketones is 1. The van der Waals surface area contributed by atoms with Gasteiger partial charge >= 0.3 is 0 Å². The molecule has 2 rings (SSSR count). The smallest absolute Gasteiger partial charge is 0.141 e. The van der Waals surface area contributed by atoms with Gasteiger partial charge in [-0.3, -0.25) is 4.79 Å². The number of rotatable bonds is 4.